The van der Waals surface area contributed by atoms with Crippen LogP contribution in [0.3, 0.4) is 0 Å². The van der Waals surface area contributed by atoms with Crippen molar-refractivity contribution in [2.45, 2.75) is 58.7 Å². The van der Waals surface area contributed by atoms with Gasteiger partial charge in [-0.15, -0.1) is 0 Å². The summed E-state index contributed by atoms with van der Waals surface area (Å²) in [5.41, 5.74) is 7.83. The summed E-state index contributed by atoms with van der Waals surface area (Å²) >= 11 is 0. The highest BCUT2D eigenvalue weighted by atomic mass is 16.6. The van der Waals surface area contributed by atoms with E-state index in [0.29, 0.717) is 13.1 Å². The number of carbonyl (C=O) groups excluding carboxylic acids is 1. The molecule has 0 aliphatic carbocycles. The molecule has 9 heteroatoms. The van der Waals surface area contributed by atoms with Crippen molar-refractivity contribution in [3.05, 3.63) is 66.1 Å². The molecule has 0 saturated carbocycles. The number of nitrogens with zero attached hydrogens (tertiary/aromatic N) is 6. The van der Waals surface area contributed by atoms with Crippen LogP contribution in [0.5, 0.6) is 0 Å². The first-order valence-corrected chi connectivity index (χ1v) is 14.9. The van der Waals surface area contributed by atoms with Crippen molar-refractivity contribution in [1.82, 2.24) is 29.5 Å². The fourth-order valence-electron chi connectivity index (χ4n) is 5.76. The van der Waals surface area contributed by atoms with Crippen LogP contribution in [0.1, 0.15) is 50.8 Å². The third-order valence-electron chi connectivity index (χ3n) is 8.11. The van der Waals surface area contributed by atoms with E-state index in [0.717, 1.165) is 79.1 Å². The zero-order valence-corrected chi connectivity index (χ0v) is 25.0. The van der Waals surface area contributed by atoms with Crippen LogP contribution in [-0.4, -0.2) is 80.6 Å². The highest BCUT2D eigenvalue weighted by Crippen LogP contribution is 2.31. The summed E-state index contributed by atoms with van der Waals surface area (Å²) in [4.78, 5) is 26.6. The molecule has 4 aromatic rings. The van der Waals surface area contributed by atoms with Gasteiger partial charge in [-0.1, -0.05) is 30.3 Å². The maximum atomic E-state index is 12.5. The van der Waals surface area contributed by atoms with E-state index >= 15 is 0 Å². The summed E-state index contributed by atoms with van der Waals surface area (Å²) in [5, 5.41) is 4.68. The van der Waals surface area contributed by atoms with Crippen LogP contribution >= 0.6 is 0 Å². The molecule has 6 rings (SSSR count). The number of piperidine rings is 1. The van der Waals surface area contributed by atoms with Crippen LogP contribution in [0.15, 0.2) is 55.0 Å². The number of hydrogen-bond acceptors (Lipinski definition) is 7. The number of rotatable bonds is 5. The molecule has 2 aromatic heterocycles. The average molecular weight is 569 g/mol. The van der Waals surface area contributed by atoms with Gasteiger partial charge in [0.25, 0.3) is 0 Å². The molecule has 1 amide bonds. The van der Waals surface area contributed by atoms with E-state index in [2.05, 4.69) is 47.4 Å². The van der Waals surface area contributed by atoms with Gasteiger partial charge in [0.15, 0.2) is 0 Å². The molecular weight excluding hydrogens is 528 g/mol. The van der Waals surface area contributed by atoms with E-state index in [9.17, 15) is 4.79 Å². The molecule has 42 heavy (non-hydrogen) atoms. The van der Waals surface area contributed by atoms with Crippen molar-refractivity contribution >= 4 is 17.1 Å². The molecule has 2 aromatic carbocycles. The van der Waals surface area contributed by atoms with Gasteiger partial charge in [0.2, 0.25) is 0 Å². The highest BCUT2D eigenvalue weighted by molar-refractivity contribution is 5.92. The number of para-hydroxylation sites is 1. The lowest BCUT2D eigenvalue weighted by Crippen LogP contribution is -2.42. The van der Waals surface area contributed by atoms with E-state index in [4.69, 9.17) is 19.4 Å². The molecule has 4 heterocycles. The Balaban J connectivity index is 1.19. The Morgan fingerprint density at radius 1 is 1.02 bits per heavy atom. The minimum absolute atomic E-state index is 0.223. The standard InChI is InChI=1S/C33H40N6O3/c1-23-18-24(8-9-25(23)21-37-14-16-41-17-15-37)28-6-5-7-29-31(28)36-30(20-34-29)26-19-35-39(22-26)27-10-12-38(13-11-27)32(40)42-33(2,3)4/h5-9,18-20,22,27H,10-17,21H2,1-4H3. The van der Waals surface area contributed by atoms with E-state index in [-0.39, 0.29) is 12.1 Å². The van der Waals surface area contributed by atoms with Gasteiger partial charge >= 0.3 is 6.09 Å². The van der Waals surface area contributed by atoms with Crippen molar-refractivity contribution in [2.75, 3.05) is 39.4 Å². The van der Waals surface area contributed by atoms with Gasteiger partial charge in [0.1, 0.15) is 5.60 Å². The average Bonchev–Trinajstić information content (AvgIpc) is 3.48. The summed E-state index contributed by atoms with van der Waals surface area (Å²) < 4.78 is 13.1. The minimum atomic E-state index is -0.489. The lowest BCUT2D eigenvalue weighted by Gasteiger charge is -2.33. The Hall–Kier alpha value is -3.82. The van der Waals surface area contributed by atoms with Crippen LogP contribution in [-0.2, 0) is 16.0 Å². The van der Waals surface area contributed by atoms with Crippen molar-refractivity contribution < 1.29 is 14.3 Å². The lowest BCUT2D eigenvalue weighted by atomic mass is 9.98. The van der Waals surface area contributed by atoms with Crippen molar-refractivity contribution in [1.29, 1.82) is 0 Å². The molecule has 2 saturated heterocycles. The zero-order valence-electron chi connectivity index (χ0n) is 25.0. The van der Waals surface area contributed by atoms with E-state index < -0.39 is 5.60 Å². The van der Waals surface area contributed by atoms with Gasteiger partial charge in [-0.3, -0.25) is 14.6 Å². The molecule has 220 valence electrons. The molecule has 0 unspecified atom stereocenters. The maximum Gasteiger partial charge on any atom is 0.410 e. The van der Waals surface area contributed by atoms with Crippen molar-refractivity contribution in [3.8, 4) is 22.4 Å². The van der Waals surface area contributed by atoms with Gasteiger partial charge in [-0.2, -0.15) is 5.10 Å². The largest absolute Gasteiger partial charge is 0.444 e. The highest BCUT2D eigenvalue weighted by Gasteiger charge is 2.28. The Morgan fingerprint density at radius 3 is 2.55 bits per heavy atom. The quantitative estimate of drug-likeness (QED) is 0.298. The van der Waals surface area contributed by atoms with E-state index in [1.165, 1.54) is 11.1 Å². The zero-order chi connectivity index (χ0) is 29.3. The van der Waals surface area contributed by atoms with E-state index in [1.54, 1.807) is 4.90 Å². The van der Waals surface area contributed by atoms with Crippen LogP contribution < -0.4 is 0 Å². The summed E-state index contributed by atoms with van der Waals surface area (Å²) in [6.45, 7) is 13.7. The number of morpholine rings is 1. The fraction of sp³-hybridized carbons (Fsp3) is 0.455. The van der Waals surface area contributed by atoms with Crippen LogP contribution in [0.2, 0.25) is 0 Å². The Bertz CT molecular complexity index is 1560. The third kappa shape index (κ3) is 6.32. The summed E-state index contributed by atoms with van der Waals surface area (Å²) in [5.74, 6) is 0. The lowest BCUT2D eigenvalue weighted by molar-refractivity contribution is 0.0184. The van der Waals surface area contributed by atoms with Crippen molar-refractivity contribution in [3.63, 3.8) is 0 Å². The smallest absolute Gasteiger partial charge is 0.410 e. The Kier molecular flexibility index (Phi) is 7.96. The van der Waals surface area contributed by atoms with Crippen LogP contribution in [0.4, 0.5) is 4.79 Å². The minimum Gasteiger partial charge on any atom is -0.444 e. The van der Waals surface area contributed by atoms with E-state index in [1.807, 2.05) is 50.0 Å². The number of fused-ring (bicyclic) bond motifs is 1. The predicted molar refractivity (Wildman–Crippen MR) is 163 cm³/mol. The molecule has 0 bridgehead atoms. The van der Waals surface area contributed by atoms with Gasteiger partial charge in [-0.25, -0.2) is 9.78 Å². The van der Waals surface area contributed by atoms with Gasteiger partial charge in [0, 0.05) is 50.0 Å². The first-order valence-electron chi connectivity index (χ1n) is 14.9. The SMILES string of the molecule is Cc1cc(-c2cccc3ncc(-c4cnn(C5CCN(C(=O)OC(C)(C)C)CC5)c4)nc23)ccc1CN1CCOCC1. The summed E-state index contributed by atoms with van der Waals surface area (Å²) in [7, 11) is 0. The Labute approximate surface area is 247 Å². The fourth-order valence-corrected chi connectivity index (χ4v) is 5.76. The Morgan fingerprint density at radius 2 is 1.81 bits per heavy atom. The number of likely N-dealkylation sites (tertiary alicyclic amines) is 1. The number of hydrogen-bond donors (Lipinski definition) is 0. The number of benzene rings is 2. The van der Waals surface area contributed by atoms with Crippen LogP contribution in [0.25, 0.3) is 33.4 Å². The molecule has 0 atom stereocenters. The summed E-state index contributed by atoms with van der Waals surface area (Å²) in [6.07, 6.45) is 7.16. The molecule has 9 nitrogen and oxygen atoms in total. The first-order chi connectivity index (χ1) is 20.2. The van der Waals surface area contributed by atoms with Gasteiger partial charge in [-0.05, 0) is 63.3 Å². The first kappa shape index (κ1) is 28.3. The summed E-state index contributed by atoms with van der Waals surface area (Å²) in [6, 6.07) is 13.1. The molecule has 2 aliphatic rings. The second-order valence-electron chi connectivity index (χ2n) is 12.4. The monoisotopic (exact) mass is 568 g/mol. The third-order valence-corrected chi connectivity index (χ3v) is 8.11. The maximum absolute atomic E-state index is 12.5. The number of aryl methyl sites for hydroxylation is 1. The van der Waals surface area contributed by atoms with Crippen LogP contribution in [0, 0.1) is 6.92 Å². The number of carbonyl (C=O) groups is 1. The molecule has 2 aliphatic heterocycles. The molecule has 2 fully saturated rings. The normalized spacial score (nSPS) is 17.1. The van der Waals surface area contributed by atoms with Crippen molar-refractivity contribution in [2.24, 2.45) is 0 Å². The topological polar surface area (TPSA) is 85.6 Å². The van der Waals surface area contributed by atoms with Gasteiger partial charge in [0.05, 0.1) is 48.4 Å². The molecule has 0 spiro atoms. The molecular formula is C33H40N6O3. The molecule has 0 N–H and O–H groups in total. The molecule has 0 radical (unpaired) electrons. The predicted octanol–water partition coefficient (Wildman–Crippen LogP) is 5.87. The number of ether oxygens (including phenoxy) is 2. The number of aromatic nitrogens is 4. The number of amides is 1. The second kappa shape index (κ2) is 11.8. The van der Waals surface area contributed by atoms with Gasteiger partial charge < -0.3 is 14.4 Å². The second-order valence-corrected chi connectivity index (χ2v) is 12.4.